The molecule has 5 nitrogen and oxygen atoms in total. The van der Waals surface area contributed by atoms with Gasteiger partial charge in [0.1, 0.15) is 6.04 Å². The molecule has 6 heteroatoms. The van der Waals surface area contributed by atoms with Crippen LogP contribution in [-0.2, 0) is 9.53 Å². The molecule has 2 N–H and O–H groups in total. The van der Waals surface area contributed by atoms with E-state index in [0.29, 0.717) is 13.0 Å². The van der Waals surface area contributed by atoms with Crippen molar-refractivity contribution in [3.8, 4) is 0 Å². The van der Waals surface area contributed by atoms with Gasteiger partial charge in [-0.3, -0.25) is 0 Å². The molecule has 1 atom stereocenters. The maximum Gasteiger partial charge on any atom is 0.328 e. The molecule has 0 aromatic carbocycles. The number of esters is 1. The van der Waals surface area contributed by atoms with Gasteiger partial charge < -0.3 is 15.4 Å². The quantitative estimate of drug-likeness (QED) is 0.429. The molecule has 1 unspecified atom stereocenters. The van der Waals surface area contributed by atoms with Gasteiger partial charge in [-0.15, -0.1) is 0 Å². The molecule has 0 heterocycles. The van der Waals surface area contributed by atoms with Crippen LogP contribution in [-0.4, -0.2) is 43.7 Å². The first-order valence-corrected chi connectivity index (χ1v) is 9.16. The van der Waals surface area contributed by atoms with Crippen molar-refractivity contribution in [3.63, 3.8) is 0 Å². The zero-order chi connectivity index (χ0) is 15.9. The molecular weight excluding hydrogens is 288 g/mol. The Morgan fingerprint density at radius 2 is 1.81 bits per heavy atom. The number of hydrogen-bond donors (Lipinski definition) is 2. The average Bonchev–Trinajstić information content (AvgIpc) is 2.49. The Labute approximate surface area is 133 Å². The van der Waals surface area contributed by atoms with Gasteiger partial charge in [-0.2, -0.15) is 11.8 Å². The Morgan fingerprint density at radius 1 is 1.14 bits per heavy atom. The van der Waals surface area contributed by atoms with Crippen molar-refractivity contribution >= 4 is 23.8 Å². The summed E-state index contributed by atoms with van der Waals surface area (Å²) in [6.07, 6.45) is 9.66. The molecule has 0 saturated heterocycles. The number of carbonyl (C=O) groups is 2. The predicted octanol–water partition coefficient (Wildman–Crippen LogP) is 2.94. The van der Waals surface area contributed by atoms with Gasteiger partial charge in [0.25, 0.3) is 0 Å². The number of unbranched alkanes of at least 4 members (excludes halogenated alkanes) is 5. The molecule has 0 aliphatic heterocycles. The van der Waals surface area contributed by atoms with E-state index in [-0.39, 0.29) is 6.03 Å². The average molecular weight is 318 g/mol. The van der Waals surface area contributed by atoms with E-state index in [1.54, 1.807) is 11.8 Å². The summed E-state index contributed by atoms with van der Waals surface area (Å²) in [5, 5.41) is 5.47. The van der Waals surface area contributed by atoms with Crippen LogP contribution in [0.5, 0.6) is 0 Å². The molecule has 0 aromatic heterocycles. The SMILES string of the molecule is CCCCCCCCNC(=O)NC(CCSC)C(=O)OC. The topological polar surface area (TPSA) is 67.4 Å². The van der Waals surface area contributed by atoms with Gasteiger partial charge >= 0.3 is 12.0 Å². The van der Waals surface area contributed by atoms with Gasteiger partial charge in [0.05, 0.1) is 7.11 Å². The fourth-order valence-corrected chi connectivity index (χ4v) is 2.41. The fraction of sp³-hybridized carbons (Fsp3) is 0.867. The normalized spacial score (nSPS) is 11.8. The lowest BCUT2D eigenvalue weighted by atomic mass is 10.1. The molecular formula is C15H30N2O3S. The van der Waals surface area contributed by atoms with Crippen molar-refractivity contribution in [1.29, 1.82) is 0 Å². The number of nitrogens with one attached hydrogen (secondary N) is 2. The predicted molar refractivity (Wildman–Crippen MR) is 88.7 cm³/mol. The summed E-state index contributed by atoms with van der Waals surface area (Å²) >= 11 is 1.64. The van der Waals surface area contributed by atoms with Gasteiger partial charge in [0, 0.05) is 6.54 Å². The summed E-state index contributed by atoms with van der Waals surface area (Å²) in [6.45, 7) is 2.84. The van der Waals surface area contributed by atoms with Crippen molar-refractivity contribution in [3.05, 3.63) is 0 Å². The molecule has 0 aromatic rings. The van der Waals surface area contributed by atoms with Crippen LogP contribution < -0.4 is 10.6 Å². The number of ether oxygens (including phenoxy) is 1. The van der Waals surface area contributed by atoms with Crippen LogP contribution in [0.3, 0.4) is 0 Å². The third-order valence-electron chi connectivity index (χ3n) is 3.22. The Hall–Kier alpha value is -0.910. The molecule has 124 valence electrons. The minimum absolute atomic E-state index is 0.292. The molecule has 0 spiro atoms. The Balaban J connectivity index is 3.79. The number of hydrogen-bond acceptors (Lipinski definition) is 4. The highest BCUT2D eigenvalue weighted by atomic mass is 32.2. The maximum atomic E-state index is 11.7. The second-order valence-electron chi connectivity index (χ2n) is 5.03. The highest BCUT2D eigenvalue weighted by Crippen LogP contribution is 2.04. The lowest BCUT2D eigenvalue weighted by molar-refractivity contribution is -0.142. The summed E-state index contributed by atoms with van der Waals surface area (Å²) < 4.78 is 4.70. The van der Waals surface area contributed by atoms with Crippen LogP contribution in [0.25, 0.3) is 0 Å². The summed E-state index contributed by atoms with van der Waals surface area (Å²) in [5.74, 6) is 0.413. The number of rotatable bonds is 12. The van der Waals surface area contributed by atoms with Gasteiger partial charge in [-0.05, 0) is 24.9 Å². The second kappa shape index (κ2) is 14.0. The van der Waals surface area contributed by atoms with Crippen molar-refractivity contribution in [1.82, 2.24) is 10.6 Å². The molecule has 0 aliphatic carbocycles. The van der Waals surface area contributed by atoms with Crippen LogP contribution in [0.2, 0.25) is 0 Å². The first-order valence-electron chi connectivity index (χ1n) is 7.76. The second-order valence-corrected chi connectivity index (χ2v) is 6.01. The fourth-order valence-electron chi connectivity index (χ4n) is 1.94. The smallest absolute Gasteiger partial charge is 0.328 e. The van der Waals surface area contributed by atoms with Crippen LogP contribution in [0.15, 0.2) is 0 Å². The third-order valence-corrected chi connectivity index (χ3v) is 3.86. The van der Waals surface area contributed by atoms with E-state index in [0.717, 1.165) is 18.6 Å². The van der Waals surface area contributed by atoms with Crippen molar-refractivity contribution in [2.45, 2.75) is 57.9 Å². The minimum Gasteiger partial charge on any atom is -0.467 e. The largest absolute Gasteiger partial charge is 0.467 e. The van der Waals surface area contributed by atoms with E-state index in [4.69, 9.17) is 4.74 Å². The zero-order valence-electron chi connectivity index (χ0n) is 13.6. The van der Waals surface area contributed by atoms with Gasteiger partial charge in [-0.25, -0.2) is 9.59 Å². The summed E-state index contributed by atoms with van der Waals surface area (Å²) in [4.78, 5) is 23.3. The monoisotopic (exact) mass is 318 g/mol. The molecule has 2 amide bonds. The number of amides is 2. The van der Waals surface area contributed by atoms with Gasteiger partial charge in [-0.1, -0.05) is 39.0 Å². The summed E-state index contributed by atoms with van der Waals surface area (Å²) in [7, 11) is 1.34. The number of urea groups is 1. The summed E-state index contributed by atoms with van der Waals surface area (Å²) in [6, 6.07) is -0.855. The lowest BCUT2D eigenvalue weighted by Gasteiger charge is -2.16. The molecule has 0 rings (SSSR count). The number of thioether (sulfide) groups is 1. The Kier molecular flexibility index (Phi) is 13.4. The molecule has 0 fully saturated rings. The van der Waals surface area contributed by atoms with Crippen molar-refractivity contribution in [2.75, 3.05) is 25.7 Å². The summed E-state index contributed by atoms with van der Waals surface area (Å²) in [5.41, 5.74) is 0. The molecule has 0 radical (unpaired) electrons. The van der Waals surface area contributed by atoms with Crippen molar-refractivity contribution < 1.29 is 14.3 Å². The van der Waals surface area contributed by atoms with Crippen LogP contribution in [0.4, 0.5) is 4.79 Å². The molecule has 0 bridgehead atoms. The van der Waals surface area contributed by atoms with E-state index < -0.39 is 12.0 Å². The van der Waals surface area contributed by atoms with Crippen molar-refractivity contribution in [2.24, 2.45) is 0 Å². The van der Waals surface area contributed by atoms with Crippen LogP contribution in [0.1, 0.15) is 51.9 Å². The Morgan fingerprint density at radius 3 is 2.43 bits per heavy atom. The lowest BCUT2D eigenvalue weighted by Crippen LogP contribution is -2.46. The first kappa shape index (κ1) is 20.1. The number of carbonyl (C=O) groups excluding carboxylic acids is 2. The molecule has 21 heavy (non-hydrogen) atoms. The Bertz CT molecular complexity index is 288. The van der Waals surface area contributed by atoms with Gasteiger partial charge in [0.15, 0.2) is 0 Å². The number of methoxy groups -OCH3 is 1. The van der Waals surface area contributed by atoms with E-state index in [1.165, 1.54) is 32.8 Å². The van der Waals surface area contributed by atoms with Gasteiger partial charge in [0.2, 0.25) is 0 Å². The minimum atomic E-state index is -0.563. The van der Waals surface area contributed by atoms with E-state index >= 15 is 0 Å². The van der Waals surface area contributed by atoms with E-state index in [1.807, 2.05) is 6.26 Å². The van der Waals surface area contributed by atoms with Crippen LogP contribution in [0, 0.1) is 0 Å². The standard InChI is InChI=1S/C15H30N2O3S/c1-4-5-6-7-8-9-11-16-15(19)17-13(10-12-21-3)14(18)20-2/h13H,4-12H2,1-3H3,(H2,16,17,19). The maximum absolute atomic E-state index is 11.7. The van der Waals surface area contributed by atoms with Crippen LogP contribution >= 0.6 is 11.8 Å². The zero-order valence-corrected chi connectivity index (χ0v) is 14.4. The molecule has 0 aliphatic rings. The molecule has 0 saturated carbocycles. The first-order chi connectivity index (χ1) is 10.2. The highest BCUT2D eigenvalue weighted by molar-refractivity contribution is 7.98. The van der Waals surface area contributed by atoms with E-state index in [2.05, 4.69) is 17.6 Å². The van der Waals surface area contributed by atoms with E-state index in [9.17, 15) is 9.59 Å². The highest BCUT2D eigenvalue weighted by Gasteiger charge is 2.20. The third kappa shape index (κ3) is 11.4.